The second kappa shape index (κ2) is 12.0. The fourth-order valence-corrected chi connectivity index (χ4v) is 3.20. The van der Waals surface area contributed by atoms with Gasteiger partial charge in [-0.3, -0.25) is 9.59 Å². The molecule has 0 saturated carbocycles. The number of carbonyl (C=O) groups is 2. The molecular formula is C23H23Cl2N3O4. The lowest BCUT2D eigenvalue weighted by Gasteiger charge is -2.20. The number of terminal acetylenes is 1. The Morgan fingerprint density at radius 1 is 1.22 bits per heavy atom. The van der Waals surface area contributed by atoms with Crippen LogP contribution in [0.2, 0.25) is 10.0 Å². The van der Waals surface area contributed by atoms with Gasteiger partial charge in [-0.2, -0.15) is 5.10 Å². The molecule has 9 heteroatoms. The summed E-state index contributed by atoms with van der Waals surface area (Å²) in [6, 6.07) is 8.99. The molecule has 2 aromatic rings. The lowest BCUT2D eigenvalue weighted by Crippen LogP contribution is -2.48. The summed E-state index contributed by atoms with van der Waals surface area (Å²) >= 11 is 12.3. The number of hydrazone groups is 1. The first-order valence-electron chi connectivity index (χ1n) is 9.60. The number of carbonyl (C=O) groups excluding carboxylic acids is 2. The number of ether oxygens (including phenoxy) is 2. The largest absolute Gasteiger partial charge is 0.493 e. The van der Waals surface area contributed by atoms with Crippen molar-refractivity contribution in [1.29, 1.82) is 0 Å². The molecule has 0 spiro atoms. The summed E-state index contributed by atoms with van der Waals surface area (Å²) < 4.78 is 10.7. The summed E-state index contributed by atoms with van der Waals surface area (Å²) in [5, 5.41) is 7.23. The van der Waals surface area contributed by atoms with Gasteiger partial charge in [0.15, 0.2) is 11.5 Å². The molecule has 168 valence electrons. The van der Waals surface area contributed by atoms with Crippen LogP contribution < -0.4 is 20.2 Å². The zero-order chi connectivity index (χ0) is 23.7. The number of hydrogen-bond donors (Lipinski definition) is 2. The van der Waals surface area contributed by atoms with Crippen LogP contribution in [-0.4, -0.2) is 37.8 Å². The molecule has 1 atom stereocenters. The minimum Gasteiger partial charge on any atom is -0.493 e. The third kappa shape index (κ3) is 6.64. The second-order valence-electron chi connectivity index (χ2n) is 6.94. The minimum atomic E-state index is -0.825. The van der Waals surface area contributed by atoms with Crippen molar-refractivity contribution in [2.45, 2.75) is 19.9 Å². The Morgan fingerprint density at radius 2 is 1.94 bits per heavy atom. The van der Waals surface area contributed by atoms with Crippen LogP contribution in [0.1, 0.15) is 29.8 Å². The normalized spacial score (nSPS) is 11.7. The van der Waals surface area contributed by atoms with E-state index in [0.717, 1.165) is 0 Å². The number of halogens is 2. The van der Waals surface area contributed by atoms with Crippen molar-refractivity contribution in [1.82, 2.24) is 10.7 Å². The van der Waals surface area contributed by atoms with E-state index in [1.807, 2.05) is 0 Å². The molecule has 2 aromatic carbocycles. The molecule has 0 heterocycles. The standard InChI is InChI=1S/C23H23Cl2N3O4/c1-5-10-32-21-18(25)11-15(12-19(21)31-4)13-26-28-23(30)20(14(2)3)27-22(29)16-8-6-7-9-17(16)24/h1,6-9,11-14,20H,10H2,2-4H3,(H,27,29)(H,28,30). The Morgan fingerprint density at radius 3 is 2.56 bits per heavy atom. The fraction of sp³-hybridized carbons (Fsp3) is 0.261. The molecule has 0 bridgehead atoms. The van der Waals surface area contributed by atoms with Crippen molar-refractivity contribution < 1.29 is 19.1 Å². The van der Waals surface area contributed by atoms with E-state index in [-0.39, 0.29) is 23.1 Å². The summed E-state index contributed by atoms with van der Waals surface area (Å²) in [5.74, 6) is 1.91. The summed E-state index contributed by atoms with van der Waals surface area (Å²) in [6.45, 7) is 3.65. The molecule has 0 fully saturated rings. The van der Waals surface area contributed by atoms with Gasteiger partial charge in [-0.25, -0.2) is 5.43 Å². The average molecular weight is 476 g/mol. The number of nitrogens with one attached hydrogen (secondary N) is 2. The van der Waals surface area contributed by atoms with Crippen molar-refractivity contribution >= 4 is 41.2 Å². The molecule has 0 aliphatic carbocycles. The van der Waals surface area contributed by atoms with E-state index in [9.17, 15) is 9.59 Å². The summed E-state index contributed by atoms with van der Waals surface area (Å²) in [5.41, 5.74) is 3.27. The summed E-state index contributed by atoms with van der Waals surface area (Å²) in [6.07, 6.45) is 6.60. The first kappa shape index (κ1) is 25.1. The summed E-state index contributed by atoms with van der Waals surface area (Å²) in [4.78, 5) is 25.2. The van der Waals surface area contributed by atoms with E-state index in [2.05, 4.69) is 21.8 Å². The van der Waals surface area contributed by atoms with Crippen molar-refractivity contribution in [3.8, 4) is 23.8 Å². The number of amides is 2. The molecule has 2 N–H and O–H groups in total. The van der Waals surface area contributed by atoms with Gasteiger partial charge >= 0.3 is 0 Å². The van der Waals surface area contributed by atoms with Crippen LogP contribution in [-0.2, 0) is 4.79 Å². The third-order valence-electron chi connectivity index (χ3n) is 4.29. The quantitative estimate of drug-likeness (QED) is 0.326. The van der Waals surface area contributed by atoms with Crippen LogP contribution in [0.25, 0.3) is 0 Å². The molecule has 0 aliphatic heterocycles. The van der Waals surface area contributed by atoms with E-state index in [1.165, 1.54) is 13.3 Å². The highest BCUT2D eigenvalue weighted by atomic mass is 35.5. The Kier molecular flexibility index (Phi) is 9.39. The maximum Gasteiger partial charge on any atom is 0.262 e. The van der Waals surface area contributed by atoms with Gasteiger partial charge in [-0.1, -0.05) is 55.1 Å². The molecule has 0 aliphatic rings. The number of hydrogen-bond acceptors (Lipinski definition) is 5. The predicted molar refractivity (Wildman–Crippen MR) is 126 cm³/mol. The van der Waals surface area contributed by atoms with Gasteiger partial charge in [0.05, 0.1) is 28.9 Å². The Balaban J connectivity index is 2.10. The molecule has 32 heavy (non-hydrogen) atoms. The van der Waals surface area contributed by atoms with E-state index >= 15 is 0 Å². The van der Waals surface area contributed by atoms with Crippen molar-refractivity contribution in [3.63, 3.8) is 0 Å². The van der Waals surface area contributed by atoms with Gasteiger partial charge in [0.25, 0.3) is 11.8 Å². The second-order valence-corrected chi connectivity index (χ2v) is 7.75. The highest BCUT2D eigenvalue weighted by molar-refractivity contribution is 6.34. The van der Waals surface area contributed by atoms with E-state index < -0.39 is 17.9 Å². The smallest absolute Gasteiger partial charge is 0.262 e. The van der Waals surface area contributed by atoms with Crippen molar-refractivity contribution in [2.24, 2.45) is 11.0 Å². The maximum atomic E-state index is 12.6. The van der Waals surface area contributed by atoms with Crippen LogP contribution in [0.4, 0.5) is 0 Å². The van der Waals surface area contributed by atoms with E-state index in [1.54, 1.807) is 50.2 Å². The highest BCUT2D eigenvalue weighted by Gasteiger charge is 2.25. The van der Waals surface area contributed by atoms with Gasteiger partial charge in [0.2, 0.25) is 0 Å². The SMILES string of the molecule is C#CCOc1c(Cl)cc(C=NNC(=O)C(NC(=O)c2ccccc2Cl)C(C)C)cc1OC. The van der Waals surface area contributed by atoms with Crippen LogP contribution in [0.5, 0.6) is 11.5 Å². The monoisotopic (exact) mass is 475 g/mol. The third-order valence-corrected chi connectivity index (χ3v) is 4.90. The Hall–Kier alpha value is -3.21. The van der Waals surface area contributed by atoms with E-state index in [4.69, 9.17) is 39.1 Å². The summed E-state index contributed by atoms with van der Waals surface area (Å²) in [7, 11) is 1.46. The van der Waals surface area contributed by atoms with Gasteiger partial charge in [0.1, 0.15) is 12.6 Å². The van der Waals surface area contributed by atoms with Crippen molar-refractivity contribution in [3.05, 3.63) is 57.6 Å². The Labute approximate surface area is 197 Å². The molecule has 2 amide bonds. The van der Waals surface area contributed by atoms with E-state index in [0.29, 0.717) is 22.1 Å². The van der Waals surface area contributed by atoms with Gasteiger partial charge in [0, 0.05) is 0 Å². The molecule has 0 saturated heterocycles. The lowest BCUT2D eigenvalue weighted by molar-refractivity contribution is -0.123. The van der Waals surface area contributed by atoms with Crippen LogP contribution in [0.3, 0.4) is 0 Å². The highest BCUT2D eigenvalue weighted by Crippen LogP contribution is 2.35. The first-order valence-corrected chi connectivity index (χ1v) is 10.4. The maximum absolute atomic E-state index is 12.6. The Bertz CT molecular complexity index is 1050. The van der Waals surface area contributed by atoms with Crippen LogP contribution in [0.15, 0.2) is 41.5 Å². The minimum absolute atomic E-state index is 0.0378. The fourth-order valence-electron chi connectivity index (χ4n) is 2.71. The molecular weight excluding hydrogens is 453 g/mol. The van der Waals surface area contributed by atoms with Crippen LogP contribution in [0, 0.1) is 18.3 Å². The topological polar surface area (TPSA) is 89.0 Å². The molecule has 0 aromatic heterocycles. The van der Waals surface area contributed by atoms with Gasteiger partial charge in [-0.05, 0) is 35.7 Å². The lowest BCUT2D eigenvalue weighted by atomic mass is 10.0. The molecule has 7 nitrogen and oxygen atoms in total. The molecule has 2 rings (SSSR count). The average Bonchev–Trinajstić information content (AvgIpc) is 2.76. The molecule has 0 radical (unpaired) electrons. The number of rotatable bonds is 9. The zero-order valence-corrected chi connectivity index (χ0v) is 19.3. The number of benzene rings is 2. The van der Waals surface area contributed by atoms with Crippen molar-refractivity contribution in [2.75, 3.05) is 13.7 Å². The zero-order valence-electron chi connectivity index (χ0n) is 17.8. The van der Waals surface area contributed by atoms with Crippen LogP contribution >= 0.6 is 23.2 Å². The number of nitrogens with zero attached hydrogens (tertiary/aromatic N) is 1. The number of methoxy groups -OCH3 is 1. The van der Waals surface area contributed by atoms with Gasteiger partial charge in [-0.15, -0.1) is 6.42 Å². The predicted octanol–water partition coefficient (Wildman–Crippen LogP) is 3.92. The van der Waals surface area contributed by atoms with Gasteiger partial charge < -0.3 is 14.8 Å². The molecule has 1 unspecified atom stereocenters. The first-order chi connectivity index (χ1) is 15.3.